The maximum atomic E-state index is 13.5. The summed E-state index contributed by atoms with van der Waals surface area (Å²) in [6.07, 6.45) is 9.09. The molecular formula is C29H36N6O5S. The molecule has 1 aliphatic carbocycles. The van der Waals surface area contributed by atoms with Crippen molar-refractivity contribution in [1.29, 1.82) is 0 Å². The van der Waals surface area contributed by atoms with Gasteiger partial charge in [-0.3, -0.25) is 4.79 Å². The number of hydrogen-bond donors (Lipinski definition) is 1. The van der Waals surface area contributed by atoms with Gasteiger partial charge in [-0.15, -0.1) is 5.10 Å². The molecule has 1 N–H and O–H groups in total. The number of anilines is 1. The minimum Gasteiger partial charge on any atom is -0.478 e. The molecule has 1 atom stereocenters. The molecule has 0 aromatic carbocycles. The summed E-state index contributed by atoms with van der Waals surface area (Å²) in [7, 11) is -4.18. The summed E-state index contributed by atoms with van der Waals surface area (Å²) in [5.74, 6) is 1.37. The molecule has 12 heteroatoms. The van der Waals surface area contributed by atoms with Gasteiger partial charge < -0.3 is 14.4 Å². The van der Waals surface area contributed by atoms with Gasteiger partial charge in [0.1, 0.15) is 10.7 Å². The average molecular weight is 581 g/mol. The minimum absolute atomic E-state index is 0.127. The number of carbonyl (C=O) groups excluding carboxylic acids is 1. The number of nitrogens with one attached hydrogen (secondary N) is 1. The van der Waals surface area contributed by atoms with Crippen molar-refractivity contribution in [2.45, 2.75) is 69.7 Å². The van der Waals surface area contributed by atoms with Gasteiger partial charge in [-0.1, -0.05) is 6.92 Å². The van der Waals surface area contributed by atoms with Crippen LogP contribution in [0.1, 0.15) is 69.7 Å². The maximum absolute atomic E-state index is 13.5. The summed E-state index contributed by atoms with van der Waals surface area (Å²) in [5.41, 5.74) is 0.254. The predicted molar refractivity (Wildman–Crippen MR) is 152 cm³/mol. The molecule has 1 amide bonds. The second kappa shape index (κ2) is 10.3. The molecule has 1 saturated heterocycles. The van der Waals surface area contributed by atoms with Gasteiger partial charge in [0.25, 0.3) is 15.9 Å². The summed E-state index contributed by atoms with van der Waals surface area (Å²) < 4.78 is 41.6. The van der Waals surface area contributed by atoms with E-state index in [1.54, 1.807) is 29.1 Å². The van der Waals surface area contributed by atoms with Crippen LogP contribution < -0.4 is 19.1 Å². The average Bonchev–Trinajstić information content (AvgIpc) is 3.33. The molecule has 218 valence electrons. The Kier molecular flexibility index (Phi) is 6.91. The van der Waals surface area contributed by atoms with Crippen molar-refractivity contribution in [3.05, 3.63) is 48.3 Å². The molecule has 0 spiro atoms. The van der Waals surface area contributed by atoms with Crippen LogP contribution in [0.3, 0.4) is 0 Å². The molecule has 6 heterocycles. The molecule has 11 nitrogen and oxygen atoms in total. The maximum Gasteiger partial charge on any atom is 0.268 e. The lowest BCUT2D eigenvalue weighted by molar-refractivity contribution is 0.0981. The third kappa shape index (κ3) is 5.88. The SMILES string of the molecule is CC1(CCOc2ccn(-c3ccc4c(n3)N3CC(CCCOc5ccc(cn5)S(=O)(=O)NC4=O)CC3(C)C)n2)CC1. The van der Waals surface area contributed by atoms with Gasteiger partial charge in [0, 0.05) is 30.4 Å². The third-order valence-electron chi connectivity index (χ3n) is 8.43. The number of aromatic nitrogens is 4. The van der Waals surface area contributed by atoms with Crippen molar-refractivity contribution < 1.29 is 22.7 Å². The topological polar surface area (TPSA) is 129 Å². The zero-order chi connectivity index (χ0) is 28.8. The van der Waals surface area contributed by atoms with E-state index in [4.69, 9.17) is 14.5 Å². The summed E-state index contributed by atoms with van der Waals surface area (Å²) in [4.78, 5) is 24.5. The molecule has 1 saturated carbocycles. The normalized spacial score (nSPS) is 22.5. The number of hydrogen-bond acceptors (Lipinski definition) is 9. The lowest BCUT2D eigenvalue weighted by atomic mass is 9.93. The highest BCUT2D eigenvalue weighted by molar-refractivity contribution is 7.90. The first-order valence-corrected chi connectivity index (χ1v) is 15.6. The number of amides is 1. The molecule has 4 bridgehead atoms. The second-order valence-electron chi connectivity index (χ2n) is 12.3. The van der Waals surface area contributed by atoms with Gasteiger partial charge >= 0.3 is 0 Å². The van der Waals surface area contributed by atoms with Crippen LogP contribution in [0.15, 0.2) is 47.6 Å². The fraction of sp³-hybridized carbons (Fsp3) is 0.517. The summed E-state index contributed by atoms with van der Waals surface area (Å²) in [6, 6.07) is 7.96. The minimum atomic E-state index is -4.18. The zero-order valence-electron chi connectivity index (χ0n) is 23.7. The van der Waals surface area contributed by atoms with Gasteiger partial charge in [0.15, 0.2) is 5.82 Å². The van der Waals surface area contributed by atoms with Gasteiger partial charge in [-0.25, -0.2) is 27.8 Å². The van der Waals surface area contributed by atoms with Crippen LogP contribution in [0.2, 0.25) is 0 Å². The van der Waals surface area contributed by atoms with Crippen LogP contribution in [-0.2, 0) is 10.0 Å². The van der Waals surface area contributed by atoms with E-state index in [0.29, 0.717) is 54.5 Å². The molecule has 3 aliphatic heterocycles. The summed E-state index contributed by atoms with van der Waals surface area (Å²) in [6.45, 7) is 8.27. The fourth-order valence-electron chi connectivity index (χ4n) is 5.67. The van der Waals surface area contributed by atoms with E-state index >= 15 is 0 Å². The Bertz CT molecular complexity index is 1550. The Balaban J connectivity index is 1.34. The van der Waals surface area contributed by atoms with Gasteiger partial charge in [-0.05, 0) is 81.9 Å². The number of carbonyl (C=O) groups is 1. The van der Waals surface area contributed by atoms with Crippen LogP contribution in [0.5, 0.6) is 11.8 Å². The van der Waals surface area contributed by atoms with E-state index in [2.05, 4.69) is 40.5 Å². The van der Waals surface area contributed by atoms with Gasteiger partial charge in [0.05, 0.1) is 25.0 Å². The number of rotatable bonds is 5. The van der Waals surface area contributed by atoms with Crippen LogP contribution in [0, 0.1) is 11.3 Å². The van der Waals surface area contributed by atoms with E-state index in [-0.39, 0.29) is 16.0 Å². The van der Waals surface area contributed by atoms with E-state index in [9.17, 15) is 13.2 Å². The second-order valence-corrected chi connectivity index (χ2v) is 14.0. The Hall–Kier alpha value is -3.67. The Morgan fingerprint density at radius 2 is 1.98 bits per heavy atom. The van der Waals surface area contributed by atoms with Crippen LogP contribution in [0.4, 0.5) is 5.82 Å². The van der Waals surface area contributed by atoms with E-state index in [0.717, 1.165) is 25.7 Å². The molecule has 4 aliphatic rings. The first-order chi connectivity index (χ1) is 19.5. The molecule has 0 radical (unpaired) electrons. The summed E-state index contributed by atoms with van der Waals surface area (Å²) >= 11 is 0. The molecule has 3 aromatic heterocycles. The Labute approximate surface area is 240 Å². The predicted octanol–water partition coefficient (Wildman–Crippen LogP) is 4.13. The van der Waals surface area contributed by atoms with E-state index < -0.39 is 15.9 Å². The first kappa shape index (κ1) is 27.5. The Morgan fingerprint density at radius 3 is 2.73 bits per heavy atom. The van der Waals surface area contributed by atoms with Crippen molar-refractivity contribution in [2.24, 2.45) is 11.3 Å². The van der Waals surface area contributed by atoms with E-state index in [1.165, 1.54) is 31.2 Å². The molecular weight excluding hydrogens is 544 g/mol. The molecule has 1 unspecified atom stereocenters. The lowest BCUT2D eigenvalue weighted by Crippen LogP contribution is -2.41. The molecule has 7 rings (SSSR count). The smallest absolute Gasteiger partial charge is 0.268 e. The fourth-order valence-corrected chi connectivity index (χ4v) is 6.59. The molecule has 3 aromatic rings. The van der Waals surface area contributed by atoms with Gasteiger partial charge in [0.2, 0.25) is 11.8 Å². The monoisotopic (exact) mass is 580 g/mol. The first-order valence-electron chi connectivity index (χ1n) is 14.2. The van der Waals surface area contributed by atoms with Crippen molar-refractivity contribution >= 4 is 21.7 Å². The summed E-state index contributed by atoms with van der Waals surface area (Å²) in [5, 5.41) is 4.56. The van der Waals surface area contributed by atoms with Gasteiger partial charge in [-0.2, -0.15) is 0 Å². The van der Waals surface area contributed by atoms with Crippen molar-refractivity contribution in [1.82, 2.24) is 24.5 Å². The van der Waals surface area contributed by atoms with Crippen molar-refractivity contribution in [3.8, 4) is 17.6 Å². The highest BCUT2D eigenvalue weighted by atomic mass is 32.2. The lowest BCUT2D eigenvalue weighted by Gasteiger charge is -2.34. The van der Waals surface area contributed by atoms with Crippen LogP contribution in [-0.4, -0.2) is 59.4 Å². The third-order valence-corrected chi connectivity index (χ3v) is 9.75. The molecule has 41 heavy (non-hydrogen) atoms. The van der Waals surface area contributed by atoms with Crippen molar-refractivity contribution in [3.63, 3.8) is 0 Å². The quantitative estimate of drug-likeness (QED) is 0.474. The highest BCUT2D eigenvalue weighted by Crippen LogP contribution is 2.48. The number of nitrogens with zero attached hydrogens (tertiary/aromatic N) is 5. The van der Waals surface area contributed by atoms with Crippen LogP contribution in [0.25, 0.3) is 5.82 Å². The largest absolute Gasteiger partial charge is 0.478 e. The number of pyridine rings is 2. The zero-order valence-corrected chi connectivity index (χ0v) is 24.5. The highest BCUT2D eigenvalue weighted by Gasteiger charge is 2.41. The van der Waals surface area contributed by atoms with E-state index in [1.807, 2.05) is 0 Å². The number of ether oxygens (including phenoxy) is 2. The van der Waals surface area contributed by atoms with Crippen molar-refractivity contribution in [2.75, 3.05) is 24.7 Å². The Morgan fingerprint density at radius 1 is 1.15 bits per heavy atom. The van der Waals surface area contributed by atoms with Crippen LogP contribution >= 0.6 is 0 Å². The molecule has 2 fully saturated rings. The number of fused-ring (bicyclic) bond motifs is 7. The number of sulfonamides is 1. The standard InChI is InChI=1S/C29H36N6O5S/c1-28(2)17-20-5-4-15-39-24-9-6-21(18-30-24)41(37,38)33-27(36)22-7-8-23(31-26(22)34(28)19-20)35-14-10-25(32-35)40-16-13-29(3)11-12-29/h6-10,14,18,20H,4-5,11-13,15-17,19H2,1-3H3,(H,33,36).